The number of likely N-dealkylation sites (N-methyl/N-ethyl adjacent to an activating group) is 1. The van der Waals surface area contributed by atoms with Crippen molar-refractivity contribution in [2.75, 3.05) is 19.6 Å². The van der Waals surface area contributed by atoms with Crippen molar-refractivity contribution in [2.45, 2.75) is 45.7 Å². The molecule has 0 bridgehead atoms. The summed E-state index contributed by atoms with van der Waals surface area (Å²) in [4.78, 5) is 2.45. The van der Waals surface area contributed by atoms with Crippen LogP contribution in [0.3, 0.4) is 0 Å². The zero-order valence-corrected chi connectivity index (χ0v) is 13.0. The molecule has 0 aliphatic carbocycles. The number of halogens is 1. The van der Waals surface area contributed by atoms with Crippen molar-refractivity contribution >= 4 is 11.6 Å². The van der Waals surface area contributed by atoms with Gasteiger partial charge in [0.25, 0.3) is 0 Å². The lowest BCUT2D eigenvalue weighted by Gasteiger charge is -2.29. The molecular formula is C14H25ClN4. The Morgan fingerprint density at radius 3 is 2.79 bits per heavy atom. The van der Waals surface area contributed by atoms with Crippen LogP contribution >= 0.6 is 11.6 Å². The van der Waals surface area contributed by atoms with E-state index in [0.717, 1.165) is 42.6 Å². The fourth-order valence-corrected chi connectivity index (χ4v) is 2.98. The summed E-state index contributed by atoms with van der Waals surface area (Å²) in [7, 11) is 1.97. The first-order valence-corrected chi connectivity index (χ1v) is 7.63. The van der Waals surface area contributed by atoms with E-state index in [1.54, 1.807) is 0 Å². The number of nitrogens with zero attached hydrogens (tertiary/aromatic N) is 3. The molecule has 0 aromatic carbocycles. The van der Waals surface area contributed by atoms with Crippen molar-refractivity contribution in [1.29, 1.82) is 0 Å². The van der Waals surface area contributed by atoms with Crippen LogP contribution in [0, 0.1) is 6.92 Å². The highest BCUT2D eigenvalue weighted by molar-refractivity contribution is 6.31. The minimum atomic E-state index is 0.627. The first-order valence-electron chi connectivity index (χ1n) is 7.25. The van der Waals surface area contributed by atoms with Gasteiger partial charge in [-0.25, -0.2) is 0 Å². The predicted molar refractivity (Wildman–Crippen MR) is 79.5 cm³/mol. The maximum Gasteiger partial charge on any atom is 0.0860 e. The zero-order valence-electron chi connectivity index (χ0n) is 12.2. The lowest BCUT2D eigenvalue weighted by Crippen LogP contribution is -2.43. The molecule has 1 saturated heterocycles. The molecule has 1 aromatic rings. The van der Waals surface area contributed by atoms with Crippen LogP contribution in [-0.2, 0) is 13.6 Å². The summed E-state index contributed by atoms with van der Waals surface area (Å²) in [6, 6.07) is 0.627. The van der Waals surface area contributed by atoms with Crippen molar-refractivity contribution < 1.29 is 0 Å². The molecule has 108 valence electrons. The third-order valence-corrected chi connectivity index (χ3v) is 4.46. The van der Waals surface area contributed by atoms with Crippen LogP contribution in [0.2, 0.25) is 5.02 Å². The number of aromatic nitrogens is 2. The Labute approximate surface area is 121 Å². The Morgan fingerprint density at radius 1 is 1.47 bits per heavy atom. The average Bonchev–Trinajstić information content (AvgIpc) is 2.65. The largest absolute Gasteiger partial charge is 0.313 e. The first-order chi connectivity index (χ1) is 9.11. The normalized spacial score (nSPS) is 20.2. The molecule has 0 amide bonds. The smallest absolute Gasteiger partial charge is 0.0860 e. The Balaban J connectivity index is 1.98. The second-order valence-corrected chi connectivity index (χ2v) is 5.82. The fraction of sp³-hybridized carbons (Fsp3) is 0.786. The second kappa shape index (κ2) is 6.73. The SMILES string of the molecule is CCN(Cc1c(Cl)c(C)nn1C)CC1CCCCN1. The molecule has 1 aromatic heterocycles. The molecule has 1 N–H and O–H groups in total. The maximum absolute atomic E-state index is 6.33. The van der Waals surface area contributed by atoms with Crippen LogP contribution in [0.5, 0.6) is 0 Å². The molecule has 0 radical (unpaired) electrons. The summed E-state index contributed by atoms with van der Waals surface area (Å²) >= 11 is 6.33. The zero-order chi connectivity index (χ0) is 13.8. The Morgan fingerprint density at radius 2 is 2.26 bits per heavy atom. The Bertz CT molecular complexity index is 410. The molecule has 1 unspecified atom stereocenters. The van der Waals surface area contributed by atoms with E-state index in [4.69, 9.17) is 11.6 Å². The molecular weight excluding hydrogens is 260 g/mol. The van der Waals surface area contributed by atoms with E-state index >= 15 is 0 Å². The van der Waals surface area contributed by atoms with Crippen LogP contribution in [0.25, 0.3) is 0 Å². The van der Waals surface area contributed by atoms with E-state index in [9.17, 15) is 0 Å². The number of aryl methyl sites for hydroxylation is 2. The molecule has 1 fully saturated rings. The quantitative estimate of drug-likeness (QED) is 0.901. The third kappa shape index (κ3) is 3.71. The molecule has 1 aliphatic heterocycles. The third-order valence-electron chi connectivity index (χ3n) is 3.97. The number of nitrogens with one attached hydrogen (secondary N) is 1. The molecule has 2 rings (SSSR count). The van der Waals surface area contributed by atoms with Gasteiger partial charge in [-0.3, -0.25) is 9.58 Å². The van der Waals surface area contributed by atoms with Gasteiger partial charge >= 0.3 is 0 Å². The van der Waals surface area contributed by atoms with Crippen LogP contribution in [0.15, 0.2) is 0 Å². The number of rotatable bonds is 5. The van der Waals surface area contributed by atoms with E-state index < -0.39 is 0 Å². The maximum atomic E-state index is 6.33. The van der Waals surface area contributed by atoms with Gasteiger partial charge in [0, 0.05) is 26.2 Å². The van der Waals surface area contributed by atoms with Crippen LogP contribution in [0.1, 0.15) is 37.6 Å². The minimum Gasteiger partial charge on any atom is -0.313 e. The van der Waals surface area contributed by atoms with E-state index in [1.165, 1.54) is 19.3 Å². The monoisotopic (exact) mass is 284 g/mol. The molecule has 0 saturated carbocycles. The molecule has 19 heavy (non-hydrogen) atoms. The summed E-state index contributed by atoms with van der Waals surface area (Å²) in [6.45, 7) is 8.35. The topological polar surface area (TPSA) is 33.1 Å². The van der Waals surface area contributed by atoms with E-state index in [2.05, 4.69) is 22.2 Å². The summed E-state index contributed by atoms with van der Waals surface area (Å²) in [5.41, 5.74) is 2.04. The van der Waals surface area contributed by atoms with Crippen molar-refractivity contribution in [3.8, 4) is 0 Å². The van der Waals surface area contributed by atoms with Gasteiger partial charge in [-0.15, -0.1) is 0 Å². The summed E-state index contributed by atoms with van der Waals surface area (Å²) < 4.78 is 1.91. The number of piperidine rings is 1. The first kappa shape index (κ1) is 14.8. The number of hydrogen-bond donors (Lipinski definition) is 1. The average molecular weight is 285 g/mol. The van der Waals surface area contributed by atoms with Crippen LogP contribution in [0.4, 0.5) is 0 Å². The van der Waals surface area contributed by atoms with Gasteiger partial charge in [0.15, 0.2) is 0 Å². The summed E-state index contributed by atoms with van der Waals surface area (Å²) in [6.07, 6.45) is 3.95. The minimum absolute atomic E-state index is 0.627. The van der Waals surface area contributed by atoms with Crippen LogP contribution in [-0.4, -0.2) is 40.4 Å². The summed E-state index contributed by atoms with van der Waals surface area (Å²) in [5, 5.41) is 8.81. The van der Waals surface area contributed by atoms with Gasteiger partial charge in [0.05, 0.1) is 16.4 Å². The highest BCUT2D eigenvalue weighted by atomic mass is 35.5. The van der Waals surface area contributed by atoms with Crippen molar-refractivity contribution in [3.05, 3.63) is 16.4 Å². The van der Waals surface area contributed by atoms with Crippen molar-refractivity contribution in [2.24, 2.45) is 7.05 Å². The van der Waals surface area contributed by atoms with E-state index in [1.807, 2.05) is 18.7 Å². The Hall–Kier alpha value is -0.580. The molecule has 2 heterocycles. The number of hydrogen-bond acceptors (Lipinski definition) is 3. The predicted octanol–water partition coefficient (Wildman–Crippen LogP) is 2.35. The van der Waals surface area contributed by atoms with Gasteiger partial charge in [-0.05, 0) is 32.9 Å². The molecule has 4 nitrogen and oxygen atoms in total. The van der Waals surface area contributed by atoms with E-state index in [0.29, 0.717) is 6.04 Å². The van der Waals surface area contributed by atoms with Gasteiger partial charge in [-0.1, -0.05) is 24.9 Å². The fourth-order valence-electron chi connectivity index (χ4n) is 2.76. The second-order valence-electron chi connectivity index (χ2n) is 5.44. The van der Waals surface area contributed by atoms with E-state index in [-0.39, 0.29) is 0 Å². The highest BCUT2D eigenvalue weighted by Gasteiger charge is 2.19. The van der Waals surface area contributed by atoms with Crippen LogP contribution < -0.4 is 5.32 Å². The van der Waals surface area contributed by atoms with Gasteiger partial charge in [0.2, 0.25) is 0 Å². The van der Waals surface area contributed by atoms with Crippen molar-refractivity contribution in [1.82, 2.24) is 20.0 Å². The molecule has 1 atom stereocenters. The lowest BCUT2D eigenvalue weighted by atomic mass is 10.0. The molecule has 5 heteroatoms. The Kier molecular flexibility index (Phi) is 5.25. The van der Waals surface area contributed by atoms with Crippen molar-refractivity contribution in [3.63, 3.8) is 0 Å². The lowest BCUT2D eigenvalue weighted by molar-refractivity contribution is 0.222. The summed E-state index contributed by atoms with van der Waals surface area (Å²) in [5.74, 6) is 0. The van der Waals surface area contributed by atoms with Gasteiger partial charge in [-0.2, -0.15) is 5.10 Å². The standard InChI is InChI=1S/C14H25ClN4/c1-4-19(9-12-7-5-6-8-16-12)10-13-14(15)11(2)17-18(13)3/h12,16H,4-10H2,1-3H3. The molecule has 1 aliphatic rings. The van der Waals surface area contributed by atoms with Gasteiger partial charge in [0.1, 0.15) is 0 Å². The molecule has 0 spiro atoms. The van der Waals surface area contributed by atoms with Gasteiger partial charge < -0.3 is 5.32 Å². The highest BCUT2D eigenvalue weighted by Crippen LogP contribution is 2.21.